The predicted molar refractivity (Wildman–Crippen MR) is 86.1 cm³/mol. The normalized spacial score (nSPS) is 11.0. The fourth-order valence-electron chi connectivity index (χ4n) is 2.19. The van der Waals surface area contributed by atoms with E-state index < -0.39 is 5.97 Å². The van der Waals surface area contributed by atoms with Crippen LogP contribution < -0.4 is 0 Å². The van der Waals surface area contributed by atoms with Gasteiger partial charge in [0.05, 0.1) is 5.56 Å². The van der Waals surface area contributed by atoms with E-state index >= 15 is 0 Å². The van der Waals surface area contributed by atoms with Crippen molar-refractivity contribution in [1.29, 1.82) is 0 Å². The number of aromatic hydroxyl groups is 2. The fraction of sp³-hybridized carbons (Fsp3) is 0.167. The molecular formula is C18H18O4. The molecule has 0 aromatic heterocycles. The highest BCUT2D eigenvalue weighted by atomic mass is 16.4. The Labute approximate surface area is 129 Å². The van der Waals surface area contributed by atoms with Gasteiger partial charge in [-0.15, -0.1) is 0 Å². The Morgan fingerprint density at radius 1 is 1.00 bits per heavy atom. The van der Waals surface area contributed by atoms with Gasteiger partial charge >= 0.3 is 5.97 Å². The number of carbonyl (C=O) groups is 1. The number of carboxylic acid groups (broad SMARTS) is 1. The Bertz CT molecular complexity index is 677. The van der Waals surface area contributed by atoms with E-state index in [1.54, 1.807) is 36.4 Å². The summed E-state index contributed by atoms with van der Waals surface area (Å²) in [6.45, 7) is 1.98. The van der Waals surface area contributed by atoms with Gasteiger partial charge in [-0.1, -0.05) is 37.6 Å². The summed E-state index contributed by atoms with van der Waals surface area (Å²) in [6.07, 6.45) is 5.01. The van der Waals surface area contributed by atoms with Crippen LogP contribution in [0.1, 0.15) is 40.4 Å². The Morgan fingerprint density at radius 3 is 2.05 bits per heavy atom. The number of phenolic OH excluding ortho intramolecular Hbond substituents is 2. The molecule has 3 N–H and O–H groups in total. The van der Waals surface area contributed by atoms with Gasteiger partial charge in [-0.25, -0.2) is 4.79 Å². The molecule has 0 heterocycles. The lowest BCUT2D eigenvalue weighted by molar-refractivity contribution is 0.0697. The summed E-state index contributed by atoms with van der Waals surface area (Å²) in [5.74, 6) is -0.790. The van der Waals surface area contributed by atoms with Gasteiger partial charge in [0.2, 0.25) is 0 Å². The van der Waals surface area contributed by atoms with E-state index in [0.29, 0.717) is 17.5 Å². The molecule has 0 radical (unpaired) electrons. The summed E-state index contributed by atoms with van der Waals surface area (Å²) in [5, 5.41) is 28.7. The third-order valence-electron chi connectivity index (χ3n) is 3.35. The molecule has 0 bridgehead atoms. The topological polar surface area (TPSA) is 77.8 Å². The van der Waals surface area contributed by atoms with Crippen molar-refractivity contribution >= 4 is 18.1 Å². The average Bonchev–Trinajstić information content (AvgIpc) is 2.49. The van der Waals surface area contributed by atoms with Gasteiger partial charge in [0.25, 0.3) is 0 Å². The second kappa shape index (κ2) is 6.80. The molecule has 4 nitrogen and oxygen atoms in total. The maximum absolute atomic E-state index is 10.8. The molecule has 0 saturated carbocycles. The molecule has 2 rings (SSSR count). The zero-order chi connectivity index (χ0) is 16.1. The van der Waals surface area contributed by atoms with E-state index in [1.165, 1.54) is 12.1 Å². The zero-order valence-corrected chi connectivity index (χ0v) is 12.3. The first kappa shape index (κ1) is 15.6. The molecular weight excluding hydrogens is 280 g/mol. The second-order valence-electron chi connectivity index (χ2n) is 5.05. The van der Waals surface area contributed by atoms with Crippen LogP contribution >= 0.6 is 0 Å². The lowest BCUT2D eigenvalue weighted by atomic mass is 10.0. The van der Waals surface area contributed by atoms with Gasteiger partial charge in [0.1, 0.15) is 11.5 Å². The van der Waals surface area contributed by atoms with Crippen LogP contribution in [0.3, 0.4) is 0 Å². The molecule has 22 heavy (non-hydrogen) atoms. The van der Waals surface area contributed by atoms with E-state index in [2.05, 4.69) is 0 Å². The van der Waals surface area contributed by atoms with Crippen molar-refractivity contribution in [2.24, 2.45) is 0 Å². The molecule has 0 amide bonds. The molecule has 0 spiro atoms. The summed E-state index contributed by atoms with van der Waals surface area (Å²) >= 11 is 0. The van der Waals surface area contributed by atoms with E-state index in [4.69, 9.17) is 5.11 Å². The Kier molecular flexibility index (Phi) is 4.84. The molecule has 0 unspecified atom stereocenters. The van der Waals surface area contributed by atoms with Gasteiger partial charge < -0.3 is 15.3 Å². The SMILES string of the molecule is CCCc1c(O)cc(/C=C/c2ccc(C(=O)O)cc2)cc1O. The predicted octanol–water partition coefficient (Wildman–Crippen LogP) is 3.92. The van der Waals surface area contributed by atoms with Gasteiger partial charge in [-0.2, -0.15) is 0 Å². The summed E-state index contributed by atoms with van der Waals surface area (Å²) in [5.41, 5.74) is 2.31. The van der Waals surface area contributed by atoms with Gasteiger partial charge in [0, 0.05) is 5.56 Å². The Hall–Kier alpha value is -2.75. The number of aromatic carboxylic acids is 1. The highest BCUT2D eigenvalue weighted by Crippen LogP contribution is 2.30. The number of hydrogen-bond acceptors (Lipinski definition) is 3. The van der Waals surface area contributed by atoms with E-state index in [-0.39, 0.29) is 17.1 Å². The van der Waals surface area contributed by atoms with Crippen molar-refractivity contribution < 1.29 is 20.1 Å². The molecule has 0 aliphatic carbocycles. The van der Waals surface area contributed by atoms with Crippen LogP contribution in [-0.4, -0.2) is 21.3 Å². The number of carboxylic acids is 1. The minimum absolute atomic E-state index is 0.0859. The highest BCUT2D eigenvalue weighted by Gasteiger charge is 2.07. The van der Waals surface area contributed by atoms with Gasteiger partial charge in [-0.3, -0.25) is 0 Å². The molecule has 0 aliphatic heterocycles. The molecule has 0 atom stereocenters. The van der Waals surface area contributed by atoms with Crippen LogP contribution in [0, 0.1) is 0 Å². The minimum atomic E-state index is -0.961. The summed E-state index contributed by atoms with van der Waals surface area (Å²) in [4.78, 5) is 10.8. The number of phenols is 2. The summed E-state index contributed by atoms with van der Waals surface area (Å²) in [7, 11) is 0. The Balaban J connectivity index is 2.21. The van der Waals surface area contributed by atoms with Crippen molar-refractivity contribution in [2.45, 2.75) is 19.8 Å². The molecule has 2 aromatic rings. The number of benzene rings is 2. The van der Waals surface area contributed by atoms with Crippen molar-refractivity contribution in [3.63, 3.8) is 0 Å². The van der Waals surface area contributed by atoms with Gasteiger partial charge in [-0.05, 0) is 41.8 Å². The van der Waals surface area contributed by atoms with Crippen molar-refractivity contribution in [1.82, 2.24) is 0 Å². The van der Waals surface area contributed by atoms with Crippen LogP contribution in [0.15, 0.2) is 36.4 Å². The third kappa shape index (κ3) is 3.67. The number of rotatable bonds is 5. The first-order chi connectivity index (χ1) is 10.5. The molecule has 114 valence electrons. The second-order valence-corrected chi connectivity index (χ2v) is 5.05. The van der Waals surface area contributed by atoms with Crippen molar-refractivity contribution in [2.75, 3.05) is 0 Å². The first-order valence-corrected chi connectivity index (χ1v) is 7.07. The van der Waals surface area contributed by atoms with Crippen LogP contribution in [0.5, 0.6) is 11.5 Å². The molecule has 0 aliphatic rings. The van der Waals surface area contributed by atoms with Gasteiger partial charge in [0.15, 0.2) is 0 Å². The zero-order valence-electron chi connectivity index (χ0n) is 12.3. The van der Waals surface area contributed by atoms with Crippen LogP contribution in [-0.2, 0) is 6.42 Å². The van der Waals surface area contributed by atoms with E-state index in [1.807, 2.05) is 6.92 Å². The lowest BCUT2D eigenvalue weighted by Crippen LogP contribution is -1.94. The summed E-state index contributed by atoms with van der Waals surface area (Å²) in [6, 6.07) is 9.67. The largest absolute Gasteiger partial charge is 0.508 e. The molecule has 4 heteroatoms. The Morgan fingerprint density at radius 2 is 1.55 bits per heavy atom. The van der Waals surface area contributed by atoms with Crippen molar-refractivity contribution in [3.8, 4) is 11.5 Å². The molecule has 2 aromatic carbocycles. The van der Waals surface area contributed by atoms with E-state index in [9.17, 15) is 15.0 Å². The molecule has 0 saturated heterocycles. The van der Waals surface area contributed by atoms with E-state index in [0.717, 1.165) is 12.0 Å². The highest BCUT2D eigenvalue weighted by molar-refractivity contribution is 5.88. The average molecular weight is 298 g/mol. The lowest BCUT2D eigenvalue weighted by Gasteiger charge is -2.07. The fourth-order valence-corrected chi connectivity index (χ4v) is 2.19. The monoisotopic (exact) mass is 298 g/mol. The van der Waals surface area contributed by atoms with Crippen molar-refractivity contribution in [3.05, 3.63) is 58.7 Å². The number of hydrogen-bond donors (Lipinski definition) is 3. The quantitative estimate of drug-likeness (QED) is 0.731. The smallest absolute Gasteiger partial charge is 0.335 e. The third-order valence-corrected chi connectivity index (χ3v) is 3.35. The van der Waals surface area contributed by atoms with Crippen LogP contribution in [0.2, 0.25) is 0 Å². The maximum Gasteiger partial charge on any atom is 0.335 e. The van der Waals surface area contributed by atoms with Crippen LogP contribution in [0.4, 0.5) is 0 Å². The standard InChI is InChI=1S/C18H18O4/c1-2-3-15-16(19)10-13(11-17(15)20)5-4-12-6-8-14(9-7-12)18(21)22/h4-11,19-20H,2-3H2,1H3,(H,21,22)/b5-4+. The molecule has 0 fully saturated rings. The maximum atomic E-state index is 10.8. The summed E-state index contributed by atoms with van der Waals surface area (Å²) < 4.78 is 0. The first-order valence-electron chi connectivity index (χ1n) is 7.07. The van der Waals surface area contributed by atoms with Crippen LogP contribution in [0.25, 0.3) is 12.2 Å². The minimum Gasteiger partial charge on any atom is -0.508 e.